The average molecular weight is 315 g/mol. The number of nitrogens with two attached hydrogens (primary N) is 1. The fourth-order valence-corrected chi connectivity index (χ4v) is 2.68. The normalized spacial score (nSPS) is 17.1. The number of amides is 1. The Labute approximate surface area is 128 Å². The van der Waals surface area contributed by atoms with Crippen LogP contribution in [0.5, 0.6) is 5.75 Å². The van der Waals surface area contributed by atoms with Crippen molar-refractivity contribution in [3.63, 3.8) is 0 Å². The molecule has 116 valence electrons. The second-order valence-corrected chi connectivity index (χ2v) is 5.30. The summed E-state index contributed by atoms with van der Waals surface area (Å²) in [6, 6.07) is 5.63. The highest BCUT2D eigenvalue weighted by atomic mass is 35.5. The van der Waals surface area contributed by atoms with Gasteiger partial charge in [-0.15, -0.1) is 0 Å². The summed E-state index contributed by atoms with van der Waals surface area (Å²) in [4.78, 5) is 12.8. The van der Waals surface area contributed by atoms with Crippen molar-refractivity contribution in [2.75, 3.05) is 26.3 Å². The van der Waals surface area contributed by atoms with Crippen molar-refractivity contribution in [1.29, 1.82) is 0 Å². The third-order valence-corrected chi connectivity index (χ3v) is 3.90. The van der Waals surface area contributed by atoms with Gasteiger partial charge in [0.25, 0.3) is 0 Å². The minimum Gasteiger partial charge on any atom is -0.490 e. The summed E-state index contributed by atoms with van der Waals surface area (Å²) in [5.74, 6) is 0.556. The molecule has 7 heteroatoms. The van der Waals surface area contributed by atoms with Gasteiger partial charge in [-0.2, -0.15) is 0 Å². The first-order valence-electron chi connectivity index (χ1n) is 6.75. The van der Waals surface area contributed by atoms with Crippen LogP contribution in [0.15, 0.2) is 18.2 Å². The van der Waals surface area contributed by atoms with Gasteiger partial charge in [0, 0.05) is 19.1 Å². The van der Waals surface area contributed by atoms with E-state index in [1.165, 1.54) is 0 Å². The van der Waals surface area contributed by atoms with Crippen molar-refractivity contribution >= 4 is 17.7 Å². The Kier molecular flexibility index (Phi) is 5.27. The van der Waals surface area contributed by atoms with Crippen LogP contribution < -0.4 is 10.5 Å². The first-order chi connectivity index (χ1) is 10.0. The topological polar surface area (TPSA) is 85.0 Å². The lowest BCUT2D eigenvalue weighted by Crippen LogP contribution is -2.54. The highest BCUT2D eigenvalue weighted by Crippen LogP contribution is 2.36. The predicted molar refractivity (Wildman–Crippen MR) is 78.5 cm³/mol. The summed E-state index contributed by atoms with van der Waals surface area (Å²) in [5, 5.41) is 9.35. The Hall–Kier alpha value is -1.50. The van der Waals surface area contributed by atoms with Gasteiger partial charge in [-0.1, -0.05) is 23.7 Å². The number of rotatable bonds is 6. The molecular weight excluding hydrogens is 296 g/mol. The number of halogens is 1. The van der Waals surface area contributed by atoms with E-state index in [4.69, 9.17) is 31.9 Å². The summed E-state index contributed by atoms with van der Waals surface area (Å²) < 4.78 is 10.3. The zero-order valence-corrected chi connectivity index (χ0v) is 12.5. The number of hydrogen-bond donors (Lipinski definition) is 2. The lowest BCUT2D eigenvalue weighted by molar-refractivity contribution is -0.0293. The molecule has 1 amide bonds. The van der Waals surface area contributed by atoms with Crippen LogP contribution in [0, 0.1) is 0 Å². The summed E-state index contributed by atoms with van der Waals surface area (Å²) in [6.07, 6.45) is -0.901. The fourth-order valence-electron chi connectivity index (χ4n) is 2.34. The lowest BCUT2D eigenvalue weighted by Gasteiger charge is -2.42. The van der Waals surface area contributed by atoms with Crippen molar-refractivity contribution in [1.82, 2.24) is 4.90 Å². The van der Waals surface area contributed by atoms with E-state index in [9.17, 15) is 4.79 Å². The van der Waals surface area contributed by atoms with E-state index in [1.54, 1.807) is 6.07 Å². The molecule has 0 bridgehead atoms. The van der Waals surface area contributed by atoms with Crippen LogP contribution in [0.4, 0.5) is 4.79 Å². The molecule has 0 saturated carbocycles. The summed E-state index contributed by atoms with van der Waals surface area (Å²) in [7, 11) is 0. The molecule has 1 saturated heterocycles. The molecule has 3 N–H and O–H groups in total. The monoisotopic (exact) mass is 314 g/mol. The number of aliphatic hydroxyl groups excluding tert-OH is 1. The number of benzene rings is 1. The maximum Gasteiger partial charge on any atom is 0.404 e. The van der Waals surface area contributed by atoms with Crippen LogP contribution >= 0.6 is 11.6 Å². The Bertz CT molecular complexity index is 506. The van der Waals surface area contributed by atoms with Crippen LogP contribution in [0.2, 0.25) is 5.02 Å². The number of aliphatic hydroxyl groups is 1. The number of carbonyl (C=O) groups is 1. The minimum atomic E-state index is -0.746. The van der Waals surface area contributed by atoms with E-state index in [2.05, 4.69) is 4.90 Å². The zero-order chi connectivity index (χ0) is 15.4. The van der Waals surface area contributed by atoms with Crippen LogP contribution in [-0.4, -0.2) is 48.5 Å². The van der Waals surface area contributed by atoms with Gasteiger partial charge in [0.15, 0.2) is 0 Å². The van der Waals surface area contributed by atoms with Crippen LogP contribution in [0.3, 0.4) is 0 Å². The average Bonchev–Trinajstić information content (AvgIpc) is 2.40. The number of ether oxygens (including phenoxy) is 2. The first-order valence-corrected chi connectivity index (χ1v) is 7.13. The lowest BCUT2D eigenvalue weighted by atomic mass is 10.0. The van der Waals surface area contributed by atoms with Crippen molar-refractivity contribution in [2.24, 2.45) is 5.73 Å². The molecule has 0 spiro atoms. The largest absolute Gasteiger partial charge is 0.490 e. The van der Waals surface area contributed by atoms with Gasteiger partial charge in [-0.3, -0.25) is 4.90 Å². The van der Waals surface area contributed by atoms with Gasteiger partial charge >= 0.3 is 6.09 Å². The predicted octanol–water partition coefficient (Wildman–Crippen LogP) is 1.55. The van der Waals surface area contributed by atoms with E-state index in [-0.39, 0.29) is 25.4 Å². The highest BCUT2D eigenvalue weighted by Gasteiger charge is 2.34. The highest BCUT2D eigenvalue weighted by molar-refractivity contribution is 6.32. The van der Waals surface area contributed by atoms with E-state index in [0.717, 1.165) is 5.56 Å². The molecule has 6 nitrogen and oxygen atoms in total. The number of primary amides is 1. The number of nitrogens with zero attached hydrogens (tertiary/aromatic N) is 1. The second kappa shape index (κ2) is 6.98. The van der Waals surface area contributed by atoms with Crippen molar-refractivity contribution in [2.45, 2.75) is 19.1 Å². The molecular formula is C14H19ClN2O4. The van der Waals surface area contributed by atoms with Crippen molar-refractivity contribution in [3.05, 3.63) is 28.8 Å². The molecule has 1 atom stereocenters. The molecule has 1 fully saturated rings. The Morgan fingerprint density at radius 2 is 2.29 bits per heavy atom. The molecule has 1 aliphatic heterocycles. The number of carbonyl (C=O) groups excluding carboxylic acids is 1. The van der Waals surface area contributed by atoms with Crippen LogP contribution in [0.25, 0.3) is 0 Å². The smallest absolute Gasteiger partial charge is 0.404 e. The Morgan fingerprint density at radius 1 is 1.57 bits per heavy atom. The second-order valence-electron chi connectivity index (χ2n) is 4.92. The standard InChI is InChI=1S/C14H19ClN2O4/c1-9(17-7-10(8-17)21-14(16)19)11-3-2-4-12(13(11)15)20-6-5-18/h2-4,9-10,18H,5-8H2,1H3,(H2,16,19). The Balaban J connectivity index is 2.00. The minimum absolute atomic E-state index is 0.0611. The van der Waals surface area contributed by atoms with Crippen molar-refractivity contribution < 1.29 is 19.4 Å². The molecule has 1 aromatic rings. The zero-order valence-electron chi connectivity index (χ0n) is 11.8. The number of hydrogen-bond acceptors (Lipinski definition) is 5. The third-order valence-electron chi connectivity index (χ3n) is 3.50. The van der Waals surface area contributed by atoms with Crippen molar-refractivity contribution in [3.8, 4) is 5.75 Å². The molecule has 1 unspecified atom stereocenters. The van der Waals surface area contributed by atoms with Gasteiger partial charge < -0.3 is 20.3 Å². The first kappa shape index (κ1) is 15.9. The molecule has 1 aromatic carbocycles. The molecule has 0 aliphatic carbocycles. The molecule has 0 aromatic heterocycles. The van der Waals surface area contributed by atoms with E-state index >= 15 is 0 Å². The maximum absolute atomic E-state index is 10.7. The molecule has 0 radical (unpaired) electrons. The number of likely N-dealkylation sites (tertiary alicyclic amines) is 1. The van der Waals surface area contributed by atoms with Crippen LogP contribution in [-0.2, 0) is 4.74 Å². The Morgan fingerprint density at radius 3 is 2.90 bits per heavy atom. The summed E-state index contributed by atoms with van der Waals surface area (Å²) >= 11 is 6.35. The maximum atomic E-state index is 10.7. The van der Waals surface area contributed by atoms with Gasteiger partial charge in [0.05, 0.1) is 11.6 Å². The molecule has 1 aliphatic rings. The quantitative estimate of drug-likeness (QED) is 0.832. The summed E-state index contributed by atoms with van der Waals surface area (Å²) in [5.41, 5.74) is 5.92. The van der Waals surface area contributed by atoms with E-state index in [1.807, 2.05) is 19.1 Å². The van der Waals surface area contributed by atoms with Gasteiger partial charge in [0.1, 0.15) is 18.5 Å². The third kappa shape index (κ3) is 3.78. The summed E-state index contributed by atoms with van der Waals surface area (Å²) in [6.45, 7) is 3.42. The molecule has 1 heterocycles. The van der Waals surface area contributed by atoms with Gasteiger partial charge in [-0.05, 0) is 18.6 Å². The van der Waals surface area contributed by atoms with E-state index in [0.29, 0.717) is 23.9 Å². The van der Waals surface area contributed by atoms with Gasteiger partial charge in [0.2, 0.25) is 0 Å². The van der Waals surface area contributed by atoms with Crippen LogP contribution in [0.1, 0.15) is 18.5 Å². The molecule has 21 heavy (non-hydrogen) atoms. The SMILES string of the molecule is CC(c1cccc(OCCO)c1Cl)N1CC(OC(N)=O)C1. The molecule has 2 rings (SSSR count). The van der Waals surface area contributed by atoms with Gasteiger partial charge in [-0.25, -0.2) is 4.79 Å². The fraction of sp³-hybridized carbons (Fsp3) is 0.500. The van der Waals surface area contributed by atoms with E-state index < -0.39 is 6.09 Å².